The average molecular weight is 302 g/mol. The van der Waals surface area contributed by atoms with Gasteiger partial charge in [0.1, 0.15) is 0 Å². The molecule has 2 rings (SSSR count). The summed E-state index contributed by atoms with van der Waals surface area (Å²) in [6.45, 7) is 0. The average Bonchev–Trinajstić information content (AvgIpc) is 2.32. The predicted molar refractivity (Wildman–Crippen MR) is 70.1 cm³/mol. The van der Waals surface area contributed by atoms with Crippen molar-refractivity contribution in [1.29, 1.82) is 0 Å². The Hall–Kier alpha value is -0.340. The molecule has 0 amide bonds. The van der Waals surface area contributed by atoms with Crippen molar-refractivity contribution in [3.05, 3.63) is 33.3 Å². The van der Waals surface area contributed by atoms with Gasteiger partial charge < -0.3 is 0 Å². The molecule has 3 heteroatoms. The number of Topliss-reactive ketones (excluding diaryl/α,β-unsaturated/α-hetero) is 1. The zero-order valence-electron chi connectivity index (χ0n) is 9.01. The number of carbonyl (C=O) groups is 1. The van der Waals surface area contributed by atoms with Crippen molar-refractivity contribution in [3.8, 4) is 0 Å². The van der Waals surface area contributed by atoms with Crippen LogP contribution in [0.1, 0.15) is 42.5 Å². The van der Waals surface area contributed by atoms with Crippen LogP contribution in [0, 0.1) is 5.92 Å². The monoisotopic (exact) mass is 300 g/mol. The number of rotatable bonds is 2. The number of benzene rings is 1. The maximum absolute atomic E-state index is 12.3. The molecule has 1 nitrogen and oxygen atoms in total. The highest BCUT2D eigenvalue weighted by Crippen LogP contribution is 2.30. The van der Waals surface area contributed by atoms with E-state index >= 15 is 0 Å². The van der Waals surface area contributed by atoms with Gasteiger partial charge in [0.2, 0.25) is 0 Å². The highest BCUT2D eigenvalue weighted by molar-refractivity contribution is 9.10. The second-order valence-electron chi connectivity index (χ2n) is 4.32. The van der Waals surface area contributed by atoms with E-state index in [0.717, 1.165) is 17.3 Å². The summed E-state index contributed by atoms with van der Waals surface area (Å²) >= 11 is 9.45. The summed E-state index contributed by atoms with van der Waals surface area (Å²) in [6.07, 6.45) is 5.63. The van der Waals surface area contributed by atoms with Crippen LogP contribution in [0.5, 0.6) is 0 Å². The molecule has 0 N–H and O–H groups in total. The largest absolute Gasteiger partial charge is 0.294 e. The van der Waals surface area contributed by atoms with Crippen LogP contribution < -0.4 is 0 Å². The highest BCUT2D eigenvalue weighted by Gasteiger charge is 2.23. The Morgan fingerprint density at radius 3 is 2.62 bits per heavy atom. The van der Waals surface area contributed by atoms with Gasteiger partial charge in [-0.15, -0.1) is 0 Å². The van der Waals surface area contributed by atoms with E-state index in [2.05, 4.69) is 15.9 Å². The maximum Gasteiger partial charge on any atom is 0.167 e. The van der Waals surface area contributed by atoms with Gasteiger partial charge in [0.15, 0.2) is 5.78 Å². The van der Waals surface area contributed by atoms with Gasteiger partial charge in [-0.2, -0.15) is 0 Å². The van der Waals surface area contributed by atoms with Gasteiger partial charge >= 0.3 is 0 Å². The summed E-state index contributed by atoms with van der Waals surface area (Å²) in [5.41, 5.74) is 0.669. The van der Waals surface area contributed by atoms with Gasteiger partial charge in [-0.3, -0.25) is 4.79 Å². The third-order valence-corrected chi connectivity index (χ3v) is 3.99. The molecule has 0 aromatic heterocycles. The Kier molecular flexibility index (Phi) is 4.04. The van der Waals surface area contributed by atoms with Crippen molar-refractivity contribution >= 4 is 33.3 Å². The van der Waals surface area contributed by atoms with Crippen LogP contribution in [0.4, 0.5) is 0 Å². The molecule has 16 heavy (non-hydrogen) atoms. The molecule has 0 heterocycles. The third kappa shape index (κ3) is 2.67. The molecule has 1 saturated carbocycles. The van der Waals surface area contributed by atoms with Gasteiger partial charge in [0.25, 0.3) is 0 Å². The molecule has 0 bridgehead atoms. The van der Waals surface area contributed by atoms with Crippen LogP contribution in [0.2, 0.25) is 5.02 Å². The first-order valence-electron chi connectivity index (χ1n) is 5.68. The van der Waals surface area contributed by atoms with Crippen molar-refractivity contribution in [1.82, 2.24) is 0 Å². The van der Waals surface area contributed by atoms with E-state index in [0.29, 0.717) is 10.6 Å². The Morgan fingerprint density at radius 2 is 1.94 bits per heavy atom. The molecular weight excluding hydrogens is 287 g/mol. The van der Waals surface area contributed by atoms with Gasteiger partial charge in [-0.1, -0.05) is 46.8 Å². The van der Waals surface area contributed by atoms with Crippen LogP contribution >= 0.6 is 27.5 Å². The lowest BCUT2D eigenvalue weighted by Gasteiger charge is -2.20. The molecule has 86 valence electrons. The Bertz CT molecular complexity index is 397. The minimum atomic E-state index is 0.181. The van der Waals surface area contributed by atoms with Crippen molar-refractivity contribution in [2.24, 2.45) is 5.92 Å². The smallest absolute Gasteiger partial charge is 0.167 e. The second kappa shape index (κ2) is 5.33. The highest BCUT2D eigenvalue weighted by atomic mass is 79.9. The van der Waals surface area contributed by atoms with Crippen molar-refractivity contribution in [2.45, 2.75) is 32.1 Å². The zero-order chi connectivity index (χ0) is 11.5. The topological polar surface area (TPSA) is 17.1 Å². The van der Waals surface area contributed by atoms with Crippen LogP contribution in [0.25, 0.3) is 0 Å². The summed E-state index contributed by atoms with van der Waals surface area (Å²) in [7, 11) is 0. The number of halogens is 2. The van der Waals surface area contributed by atoms with Gasteiger partial charge in [0.05, 0.1) is 5.02 Å². The molecule has 0 saturated heterocycles. The van der Waals surface area contributed by atoms with E-state index in [1.807, 2.05) is 12.1 Å². The minimum absolute atomic E-state index is 0.181. The van der Waals surface area contributed by atoms with Crippen LogP contribution in [0.3, 0.4) is 0 Å². The molecule has 0 unspecified atom stereocenters. The first-order chi connectivity index (χ1) is 7.68. The molecule has 1 aromatic rings. The van der Waals surface area contributed by atoms with Crippen LogP contribution in [0.15, 0.2) is 22.7 Å². The van der Waals surface area contributed by atoms with E-state index < -0.39 is 0 Å². The van der Waals surface area contributed by atoms with Crippen molar-refractivity contribution in [3.63, 3.8) is 0 Å². The fourth-order valence-electron chi connectivity index (χ4n) is 2.27. The van der Waals surface area contributed by atoms with E-state index in [4.69, 9.17) is 11.6 Å². The minimum Gasteiger partial charge on any atom is -0.294 e. The first-order valence-corrected chi connectivity index (χ1v) is 6.85. The van der Waals surface area contributed by atoms with Crippen LogP contribution in [-0.2, 0) is 0 Å². The quantitative estimate of drug-likeness (QED) is 0.713. The molecule has 1 fully saturated rings. The molecule has 1 aliphatic rings. The van der Waals surface area contributed by atoms with Gasteiger partial charge in [-0.05, 0) is 31.0 Å². The normalized spacial score (nSPS) is 17.4. The summed E-state index contributed by atoms with van der Waals surface area (Å²) in [4.78, 5) is 12.3. The van der Waals surface area contributed by atoms with E-state index in [1.165, 1.54) is 19.3 Å². The van der Waals surface area contributed by atoms with Crippen LogP contribution in [-0.4, -0.2) is 5.78 Å². The summed E-state index contributed by atoms with van der Waals surface area (Å²) in [6, 6.07) is 5.47. The van der Waals surface area contributed by atoms with Crippen molar-refractivity contribution < 1.29 is 4.79 Å². The summed E-state index contributed by atoms with van der Waals surface area (Å²) in [5, 5.41) is 0.568. The summed E-state index contributed by atoms with van der Waals surface area (Å²) in [5.74, 6) is 0.395. The lowest BCUT2D eigenvalue weighted by Crippen LogP contribution is -2.18. The van der Waals surface area contributed by atoms with Gasteiger partial charge in [0, 0.05) is 16.0 Å². The molecule has 1 aliphatic carbocycles. The number of carbonyl (C=O) groups excluding carboxylic acids is 1. The first kappa shape index (κ1) is 12.1. The van der Waals surface area contributed by atoms with E-state index in [9.17, 15) is 4.79 Å². The summed E-state index contributed by atoms with van der Waals surface area (Å²) < 4.78 is 0.913. The molecule has 0 atom stereocenters. The SMILES string of the molecule is O=C(c1cc(Br)ccc1Cl)C1CCCCC1. The molecule has 0 radical (unpaired) electrons. The molecule has 0 aliphatic heterocycles. The number of hydrogen-bond acceptors (Lipinski definition) is 1. The number of ketones is 1. The predicted octanol–water partition coefficient (Wildman–Crippen LogP) is 4.87. The van der Waals surface area contributed by atoms with E-state index in [-0.39, 0.29) is 11.7 Å². The van der Waals surface area contributed by atoms with E-state index in [1.54, 1.807) is 6.07 Å². The third-order valence-electron chi connectivity index (χ3n) is 3.17. The maximum atomic E-state index is 12.3. The van der Waals surface area contributed by atoms with Gasteiger partial charge in [-0.25, -0.2) is 0 Å². The van der Waals surface area contributed by atoms with Crippen molar-refractivity contribution in [2.75, 3.05) is 0 Å². The fraction of sp³-hybridized carbons (Fsp3) is 0.462. The Morgan fingerprint density at radius 1 is 1.25 bits per heavy atom. The fourth-order valence-corrected chi connectivity index (χ4v) is 2.84. The Labute approximate surface area is 109 Å². The zero-order valence-corrected chi connectivity index (χ0v) is 11.4. The molecule has 0 spiro atoms. The Balaban J connectivity index is 2.22. The number of hydrogen-bond donors (Lipinski definition) is 0. The second-order valence-corrected chi connectivity index (χ2v) is 5.65. The lowest BCUT2D eigenvalue weighted by atomic mass is 9.84. The molecular formula is C13H14BrClO. The standard InChI is InChI=1S/C13H14BrClO/c14-10-6-7-12(15)11(8-10)13(16)9-4-2-1-3-5-9/h6-9H,1-5H2. The lowest BCUT2D eigenvalue weighted by molar-refractivity contribution is 0.0889. The molecule has 1 aromatic carbocycles.